The molecule has 90 valence electrons. The zero-order valence-corrected chi connectivity index (χ0v) is 9.30. The summed E-state index contributed by atoms with van der Waals surface area (Å²) in [5.41, 5.74) is -0.923. The zero-order valence-electron chi connectivity index (χ0n) is 9.30. The van der Waals surface area contributed by atoms with Crippen LogP contribution in [0.15, 0.2) is 24.3 Å². The largest absolute Gasteiger partial charge is 0.338 e. The van der Waals surface area contributed by atoms with Crippen molar-refractivity contribution in [3.63, 3.8) is 0 Å². The van der Waals surface area contributed by atoms with E-state index in [0.29, 0.717) is 19.4 Å². The van der Waals surface area contributed by atoms with E-state index < -0.39 is 5.72 Å². The van der Waals surface area contributed by atoms with Crippen LogP contribution in [0.1, 0.15) is 12.8 Å². The Balaban J connectivity index is 2.13. The maximum atomic E-state index is 11.7. The Morgan fingerprint density at radius 1 is 1.35 bits per heavy atom. The molecule has 2 rings (SSSR count). The topological polar surface area (TPSA) is 63.7 Å². The first-order valence-corrected chi connectivity index (χ1v) is 5.48. The molecule has 0 N–H and O–H groups in total. The Kier molecular flexibility index (Phi) is 3.19. The van der Waals surface area contributed by atoms with Crippen molar-refractivity contribution in [2.45, 2.75) is 18.6 Å². The van der Waals surface area contributed by atoms with Gasteiger partial charge in [-0.2, -0.15) is 0 Å². The molecule has 1 heterocycles. The van der Waals surface area contributed by atoms with Gasteiger partial charge in [0.15, 0.2) is 11.5 Å². The smallest absolute Gasteiger partial charge is 0.251 e. The van der Waals surface area contributed by atoms with Crippen molar-refractivity contribution in [1.29, 1.82) is 0 Å². The number of carbonyl (C=O) groups is 3. The number of hydrogen-bond acceptors (Lipinski definition) is 4. The summed E-state index contributed by atoms with van der Waals surface area (Å²) in [7, 11) is 0. The fourth-order valence-corrected chi connectivity index (χ4v) is 1.95. The van der Waals surface area contributed by atoms with Crippen LogP contribution in [-0.4, -0.2) is 41.8 Å². The first-order chi connectivity index (χ1) is 8.18. The van der Waals surface area contributed by atoms with E-state index in [1.165, 1.54) is 12.2 Å². The Morgan fingerprint density at radius 3 is 2.71 bits per heavy atom. The normalized spacial score (nSPS) is 21.5. The summed E-state index contributed by atoms with van der Waals surface area (Å²) in [6.45, 7) is 0.449. The van der Waals surface area contributed by atoms with E-state index in [2.05, 4.69) is 0 Å². The maximum Gasteiger partial charge on any atom is 0.251 e. The number of carbonyl (C=O) groups excluding carboxylic acids is 3. The van der Waals surface area contributed by atoms with Crippen molar-refractivity contribution in [3.05, 3.63) is 24.3 Å². The van der Waals surface area contributed by atoms with Gasteiger partial charge in [0.1, 0.15) is 12.9 Å². The first kappa shape index (κ1) is 11.7. The summed E-state index contributed by atoms with van der Waals surface area (Å²) < 4.78 is 5.45. The molecule has 0 radical (unpaired) electrons. The summed E-state index contributed by atoms with van der Waals surface area (Å²) in [4.78, 5) is 34.6. The van der Waals surface area contributed by atoms with Crippen molar-refractivity contribution in [2.24, 2.45) is 0 Å². The molecule has 5 heteroatoms. The summed E-state index contributed by atoms with van der Waals surface area (Å²) >= 11 is 0. The van der Waals surface area contributed by atoms with Crippen molar-refractivity contribution >= 4 is 18.0 Å². The number of allylic oxidation sites excluding steroid dienone is 2. The second-order valence-corrected chi connectivity index (χ2v) is 3.96. The third kappa shape index (κ3) is 2.19. The van der Waals surface area contributed by atoms with Gasteiger partial charge in [0, 0.05) is 13.0 Å². The van der Waals surface area contributed by atoms with E-state index in [1.54, 1.807) is 17.1 Å². The van der Waals surface area contributed by atoms with E-state index in [4.69, 9.17) is 4.74 Å². The summed E-state index contributed by atoms with van der Waals surface area (Å²) in [5, 5.41) is 0. The molecule has 1 fully saturated rings. The van der Waals surface area contributed by atoms with Crippen LogP contribution < -0.4 is 0 Å². The predicted molar refractivity (Wildman–Crippen MR) is 59.0 cm³/mol. The molecular formula is C12H13NO4. The fourth-order valence-electron chi connectivity index (χ4n) is 1.95. The van der Waals surface area contributed by atoms with E-state index in [0.717, 1.165) is 6.29 Å². The maximum absolute atomic E-state index is 11.7. The molecule has 0 aromatic carbocycles. The number of rotatable bonds is 4. The standard InChI is InChI=1S/C12H13NO4/c14-8-2-1-7-13-11(16)9-17-12(13)5-3-10(15)4-6-12/h3-6,8H,1-2,7,9H2. The molecule has 2 aliphatic rings. The lowest BCUT2D eigenvalue weighted by molar-refractivity contribution is -0.129. The van der Waals surface area contributed by atoms with Crippen LogP contribution in [0.5, 0.6) is 0 Å². The molecule has 1 spiro atoms. The number of ether oxygens (including phenoxy) is 1. The highest BCUT2D eigenvalue weighted by molar-refractivity contribution is 6.01. The lowest BCUT2D eigenvalue weighted by atomic mass is 10.0. The van der Waals surface area contributed by atoms with Crippen molar-refractivity contribution in [1.82, 2.24) is 4.90 Å². The number of ketones is 1. The van der Waals surface area contributed by atoms with E-state index >= 15 is 0 Å². The number of unbranched alkanes of at least 4 members (excludes halogenated alkanes) is 1. The SMILES string of the molecule is O=CCCCN1C(=O)COC12C=CC(=O)C=C2. The molecule has 1 aliphatic carbocycles. The molecule has 0 bridgehead atoms. The average molecular weight is 235 g/mol. The zero-order chi connectivity index (χ0) is 12.3. The van der Waals surface area contributed by atoms with Crippen LogP contribution in [0, 0.1) is 0 Å². The number of amides is 1. The summed E-state index contributed by atoms with van der Waals surface area (Å²) in [5.74, 6) is -0.244. The third-order valence-electron chi connectivity index (χ3n) is 2.83. The van der Waals surface area contributed by atoms with Gasteiger partial charge in [0.25, 0.3) is 5.91 Å². The van der Waals surface area contributed by atoms with Crippen LogP contribution in [0.25, 0.3) is 0 Å². The van der Waals surface area contributed by atoms with Gasteiger partial charge in [0.2, 0.25) is 0 Å². The molecular weight excluding hydrogens is 222 g/mol. The molecule has 0 atom stereocenters. The highest BCUT2D eigenvalue weighted by Gasteiger charge is 2.43. The van der Waals surface area contributed by atoms with Crippen LogP contribution in [0.3, 0.4) is 0 Å². The lowest BCUT2D eigenvalue weighted by Crippen LogP contribution is -2.45. The summed E-state index contributed by atoms with van der Waals surface area (Å²) in [6.07, 6.45) is 7.78. The first-order valence-electron chi connectivity index (χ1n) is 5.48. The second kappa shape index (κ2) is 4.63. The van der Waals surface area contributed by atoms with Crippen molar-refractivity contribution < 1.29 is 19.1 Å². The van der Waals surface area contributed by atoms with Gasteiger partial charge in [-0.1, -0.05) is 0 Å². The fraction of sp³-hybridized carbons (Fsp3) is 0.417. The van der Waals surface area contributed by atoms with Gasteiger partial charge in [-0.05, 0) is 30.7 Å². The van der Waals surface area contributed by atoms with Crippen LogP contribution in [0.4, 0.5) is 0 Å². The molecule has 5 nitrogen and oxygen atoms in total. The lowest BCUT2D eigenvalue weighted by Gasteiger charge is -2.32. The molecule has 1 amide bonds. The van der Waals surface area contributed by atoms with Gasteiger partial charge >= 0.3 is 0 Å². The van der Waals surface area contributed by atoms with Crippen LogP contribution in [0.2, 0.25) is 0 Å². The van der Waals surface area contributed by atoms with E-state index in [1.807, 2.05) is 0 Å². The Labute approximate surface area is 98.7 Å². The van der Waals surface area contributed by atoms with Gasteiger partial charge in [-0.25, -0.2) is 0 Å². The minimum Gasteiger partial charge on any atom is -0.338 e. The summed E-state index contributed by atoms with van der Waals surface area (Å²) in [6, 6.07) is 0. The quantitative estimate of drug-likeness (QED) is 0.516. The van der Waals surface area contributed by atoms with Gasteiger partial charge in [-0.15, -0.1) is 0 Å². The van der Waals surface area contributed by atoms with Crippen molar-refractivity contribution in [2.75, 3.05) is 13.2 Å². The van der Waals surface area contributed by atoms with Crippen LogP contribution >= 0.6 is 0 Å². The molecule has 0 aromatic heterocycles. The monoisotopic (exact) mass is 235 g/mol. The number of nitrogens with zero attached hydrogens (tertiary/aromatic N) is 1. The molecule has 1 saturated heterocycles. The second-order valence-electron chi connectivity index (χ2n) is 3.96. The van der Waals surface area contributed by atoms with Crippen LogP contribution in [-0.2, 0) is 19.1 Å². The highest BCUT2D eigenvalue weighted by Crippen LogP contribution is 2.29. The average Bonchev–Trinajstić information content (AvgIpc) is 2.63. The van der Waals surface area contributed by atoms with Crippen molar-refractivity contribution in [3.8, 4) is 0 Å². The van der Waals surface area contributed by atoms with E-state index in [9.17, 15) is 14.4 Å². The Morgan fingerprint density at radius 2 is 2.06 bits per heavy atom. The molecule has 1 aliphatic heterocycles. The predicted octanol–water partition coefficient (Wildman–Crippen LogP) is 0.216. The van der Waals surface area contributed by atoms with Gasteiger partial charge in [0.05, 0.1) is 0 Å². The minimum absolute atomic E-state index is 0.00393. The Bertz CT molecular complexity index is 395. The molecule has 17 heavy (non-hydrogen) atoms. The molecule has 0 saturated carbocycles. The third-order valence-corrected chi connectivity index (χ3v) is 2.83. The van der Waals surface area contributed by atoms with Gasteiger partial charge in [-0.3, -0.25) is 9.59 Å². The number of aldehydes is 1. The minimum atomic E-state index is -0.923. The molecule has 0 aromatic rings. The van der Waals surface area contributed by atoms with Gasteiger partial charge < -0.3 is 14.4 Å². The number of hydrogen-bond donors (Lipinski definition) is 0. The highest BCUT2D eigenvalue weighted by atomic mass is 16.5. The van der Waals surface area contributed by atoms with E-state index in [-0.39, 0.29) is 18.3 Å². The Hall–Kier alpha value is -1.75. The molecule has 0 unspecified atom stereocenters.